The topological polar surface area (TPSA) is 68.7 Å². The van der Waals surface area contributed by atoms with E-state index in [1.807, 2.05) is 13.0 Å². The van der Waals surface area contributed by atoms with Crippen LogP contribution in [-0.4, -0.2) is 35.9 Å². The number of pyridine rings is 1. The normalized spacial score (nSPS) is 10.6. The number of fused-ring (bicyclic) bond motifs is 1. The number of ether oxygens (including phenoxy) is 2. The maximum atomic E-state index is 11.2. The maximum Gasteiger partial charge on any atom is 0.336 e. The monoisotopic (exact) mass is 261 g/mol. The molecule has 0 saturated carbocycles. The van der Waals surface area contributed by atoms with Gasteiger partial charge < -0.3 is 14.6 Å². The summed E-state index contributed by atoms with van der Waals surface area (Å²) >= 11 is 0. The van der Waals surface area contributed by atoms with Gasteiger partial charge in [-0.1, -0.05) is 18.2 Å². The molecule has 0 spiro atoms. The summed E-state index contributed by atoms with van der Waals surface area (Å²) in [6.07, 6.45) is 0. The molecule has 0 radical (unpaired) electrons. The molecular weight excluding hydrogens is 246 g/mol. The summed E-state index contributed by atoms with van der Waals surface area (Å²) in [6, 6.07) is 8.53. The van der Waals surface area contributed by atoms with Crippen molar-refractivity contribution in [3.05, 3.63) is 35.9 Å². The summed E-state index contributed by atoms with van der Waals surface area (Å²) < 4.78 is 10.6. The van der Waals surface area contributed by atoms with Gasteiger partial charge in [-0.25, -0.2) is 9.78 Å². The van der Waals surface area contributed by atoms with Crippen LogP contribution >= 0.6 is 0 Å². The van der Waals surface area contributed by atoms with Crippen LogP contribution in [0.15, 0.2) is 30.3 Å². The number of hydrogen-bond donors (Lipinski definition) is 1. The molecule has 5 heteroatoms. The summed E-state index contributed by atoms with van der Waals surface area (Å²) in [5.74, 6) is -0.691. The number of para-hydroxylation sites is 1. The Labute approximate surface area is 110 Å². The van der Waals surface area contributed by atoms with Crippen LogP contribution < -0.4 is 4.74 Å². The lowest BCUT2D eigenvalue weighted by molar-refractivity contribution is 0.0698. The lowest BCUT2D eigenvalue weighted by atomic mass is 10.1. The molecule has 5 nitrogen and oxygen atoms in total. The van der Waals surface area contributed by atoms with Gasteiger partial charge in [0.25, 0.3) is 0 Å². The van der Waals surface area contributed by atoms with Crippen LogP contribution in [0, 0.1) is 0 Å². The summed E-state index contributed by atoms with van der Waals surface area (Å²) in [6.45, 7) is 3.32. The van der Waals surface area contributed by atoms with Crippen LogP contribution in [0.1, 0.15) is 17.3 Å². The van der Waals surface area contributed by atoms with Crippen LogP contribution in [0.4, 0.5) is 0 Å². The van der Waals surface area contributed by atoms with E-state index in [1.54, 1.807) is 18.2 Å². The van der Waals surface area contributed by atoms with E-state index in [-0.39, 0.29) is 5.56 Å². The number of carboxylic acids is 1. The Hall–Kier alpha value is -2.14. The van der Waals surface area contributed by atoms with E-state index in [2.05, 4.69) is 4.98 Å². The predicted octanol–water partition coefficient (Wildman–Crippen LogP) is 2.35. The van der Waals surface area contributed by atoms with Crippen LogP contribution in [-0.2, 0) is 4.74 Å². The SMILES string of the molecule is CCOCCOc1cc(C(=O)O)c2ccccc2n1. The number of carbonyl (C=O) groups is 1. The largest absolute Gasteiger partial charge is 0.478 e. The van der Waals surface area contributed by atoms with E-state index < -0.39 is 5.97 Å². The highest BCUT2D eigenvalue weighted by atomic mass is 16.5. The highest BCUT2D eigenvalue weighted by molar-refractivity contribution is 6.02. The van der Waals surface area contributed by atoms with E-state index in [9.17, 15) is 9.90 Å². The molecule has 0 amide bonds. The van der Waals surface area contributed by atoms with Crippen LogP contribution in [0.25, 0.3) is 10.9 Å². The minimum atomic E-state index is -0.992. The van der Waals surface area contributed by atoms with Crippen molar-refractivity contribution in [2.24, 2.45) is 0 Å². The highest BCUT2D eigenvalue weighted by Crippen LogP contribution is 2.21. The third kappa shape index (κ3) is 3.20. The molecule has 1 heterocycles. The second kappa shape index (κ2) is 6.15. The van der Waals surface area contributed by atoms with Gasteiger partial charge in [-0.2, -0.15) is 0 Å². The molecule has 1 N–H and O–H groups in total. The first-order valence-corrected chi connectivity index (χ1v) is 6.06. The van der Waals surface area contributed by atoms with Gasteiger partial charge in [-0.05, 0) is 13.0 Å². The van der Waals surface area contributed by atoms with Gasteiger partial charge in [0.05, 0.1) is 17.7 Å². The fourth-order valence-electron chi connectivity index (χ4n) is 1.75. The Morgan fingerprint density at radius 2 is 2.11 bits per heavy atom. The molecule has 0 aliphatic heterocycles. The van der Waals surface area contributed by atoms with E-state index in [0.29, 0.717) is 36.6 Å². The van der Waals surface area contributed by atoms with Gasteiger partial charge in [0.15, 0.2) is 0 Å². The molecule has 2 aromatic rings. The quantitative estimate of drug-likeness (QED) is 0.808. The number of aromatic carboxylic acids is 1. The number of rotatable bonds is 6. The van der Waals surface area contributed by atoms with Crippen molar-refractivity contribution in [3.8, 4) is 5.88 Å². The average Bonchev–Trinajstić information content (AvgIpc) is 2.42. The minimum Gasteiger partial charge on any atom is -0.478 e. The Morgan fingerprint density at radius 1 is 1.32 bits per heavy atom. The zero-order valence-corrected chi connectivity index (χ0v) is 10.6. The molecule has 0 unspecified atom stereocenters. The maximum absolute atomic E-state index is 11.2. The third-order valence-corrected chi connectivity index (χ3v) is 2.60. The molecule has 0 bridgehead atoms. The first-order valence-electron chi connectivity index (χ1n) is 6.06. The fraction of sp³-hybridized carbons (Fsp3) is 0.286. The summed E-state index contributed by atoms with van der Waals surface area (Å²) in [7, 11) is 0. The van der Waals surface area contributed by atoms with Gasteiger partial charge in [0, 0.05) is 18.1 Å². The number of carboxylic acid groups (broad SMARTS) is 1. The lowest BCUT2D eigenvalue weighted by Crippen LogP contribution is -2.08. The van der Waals surface area contributed by atoms with Crippen LogP contribution in [0.3, 0.4) is 0 Å². The van der Waals surface area contributed by atoms with Gasteiger partial charge in [-0.3, -0.25) is 0 Å². The van der Waals surface area contributed by atoms with Crippen LogP contribution in [0.2, 0.25) is 0 Å². The van der Waals surface area contributed by atoms with Crippen molar-refractivity contribution in [3.63, 3.8) is 0 Å². The second-order valence-corrected chi connectivity index (χ2v) is 3.88. The van der Waals surface area contributed by atoms with E-state index in [1.165, 1.54) is 6.07 Å². The van der Waals surface area contributed by atoms with Gasteiger partial charge in [-0.15, -0.1) is 0 Å². The highest BCUT2D eigenvalue weighted by Gasteiger charge is 2.12. The smallest absolute Gasteiger partial charge is 0.336 e. The lowest BCUT2D eigenvalue weighted by Gasteiger charge is -2.08. The first-order chi connectivity index (χ1) is 9.22. The Morgan fingerprint density at radius 3 is 2.84 bits per heavy atom. The van der Waals surface area contributed by atoms with Crippen molar-refractivity contribution < 1.29 is 19.4 Å². The molecular formula is C14H15NO4. The number of hydrogen-bond acceptors (Lipinski definition) is 4. The van der Waals surface area contributed by atoms with Crippen molar-refractivity contribution >= 4 is 16.9 Å². The van der Waals surface area contributed by atoms with E-state index in [0.717, 1.165) is 0 Å². The first kappa shape index (κ1) is 13.3. The molecule has 0 fully saturated rings. The number of aromatic nitrogens is 1. The molecule has 1 aromatic carbocycles. The molecule has 0 aliphatic carbocycles. The second-order valence-electron chi connectivity index (χ2n) is 3.88. The molecule has 100 valence electrons. The molecule has 0 saturated heterocycles. The predicted molar refractivity (Wildman–Crippen MR) is 70.7 cm³/mol. The zero-order valence-electron chi connectivity index (χ0n) is 10.6. The van der Waals surface area contributed by atoms with Crippen LogP contribution in [0.5, 0.6) is 5.88 Å². The van der Waals surface area contributed by atoms with Gasteiger partial charge >= 0.3 is 5.97 Å². The number of benzene rings is 1. The standard InChI is InChI=1S/C14H15NO4/c1-2-18-7-8-19-13-9-11(14(16)17)10-5-3-4-6-12(10)15-13/h3-6,9H,2,7-8H2,1H3,(H,16,17). The summed E-state index contributed by atoms with van der Waals surface area (Å²) in [5.41, 5.74) is 0.797. The van der Waals surface area contributed by atoms with Crippen molar-refractivity contribution in [2.45, 2.75) is 6.92 Å². The summed E-state index contributed by atoms with van der Waals surface area (Å²) in [4.78, 5) is 15.5. The molecule has 1 aromatic heterocycles. The molecule has 2 rings (SSSR count). The Bertz CT molecular complexity index is 583. The molecule has 0 atom stereocenters. The van der Waals surface area contributed by atoms with Crippen molar-refractivity contribution in [2.75, 3.05) is 19.8 Å². The Balaban J connectivity index is 2.27. The number of nitrogens with zero attached hydrogens (tertiary/aromatic N) is 1. The van der Waals surface area contributed by atoms with Gasteiger partial charge in [0.1, 0.15) is 6.61 Å². The molecule has 19 heavy (non-hydrogen) atoms. The zero-order chi connectivity index (χ0) is 13.7. The third-order valence-electron chi connectivity index (χ3n) is 2.60. The van der Waals surface area contributed by atoms with E-state index in [4.69, 9.17) is 9.47 Å². The fourth-order valence-corrected chi connectivity index (χ4v) is 1.75. The van der Waals surface area contributed by atoms with Gasteiger partial charge in [0.2, 0.25) is 5.88 Å². The Kier molecular flexibility index (Phi) is 4.30. The van der Waals surface area contributed by atoms with Crippen molar-refractivity contribution in [1.82, 2.24) is 4.98 Å². The minimum absolute atomic E-state index is 0.192. The average molecular weight is 261 g/mol. The molecule has 0 aliphatic rings. The van der Waals surface area contributed by atoms with Crippen molar-refractivity contribution in [1.29, 1.82) is 0 Å². The summed E-state index contributed by atoms with van der Waals surface area (Å²) in [5, 5.41) is 9.81. The van der Waals surface area contributed by atoms with E-state index >= 15 is 0 Å².